The standard InChI is InChI=1S/C20H25N5O2/c1-15(24-16(2)26)6-7-17-8-9-19(21-12-17)27-18-13-22-20(23-14-18)25-10-4-3-5-11-25/h6-9,12-15H,3-5,10-11H2,1-2H3,(H,24,26)/b7-6+/t15-/m0/s1. The zero-order valence-corrected chi connectivity index (χ0v) is 15.8. The molecule has 2 aromatic heterocycles. The quantitative estimate of drug-likeness (QED) is 0.845. The second kappa shape index (κ2) is 9.12. The molecule has 1 aliphatic rings. The zero-order valence-electron chi connectivity index (χ0n) is 15.8. The van der Waals surface area contributed by atoms with Gasteiger partial charge in [0.1, 0.15) is 0 Å². The van der Waals surface area contributed by atoms with E-state index in [9.17, 15) is 4.79 Å². The molecule has 7 heteroatoms. The van der Waals surface area contributed by atoms with E-state index in [2.05, 4.69) is 25.2 Å². The lowest BCUT2D eigenvalue weighted by atomic mass is 10.1. The van der Waals surface area contributed by atoms with Crippen LogP contribution in [0, 0.1) is 0 Å². The van der Waals surface area contributed by atoms with Crippen LogP contribution in [0.3, 0.4) is 0 Å². The van der Waals surface area contributed by atoms with Gasteiger partial charge in [0, 0.05) is 38.3 Å². The molecule has 3 heterocycles. The van der Waals surface area contributed by atoms with E-state index in [0.29, 0.717) is 11.6 Å². The minimum Gasteiger partial charge on any atom is -0.436 e. The lowest BCUT2D eigenvalue weighted by Gasteiger charge is -2.26. The van der Waals surface area contributed by atoms with Crippen molar-refractivity contribution in [2.24, 2.45) is 0 Å². The number of hydrogen-bond acceptors (Lipinski definition) is 6. The van der Waals surface area contributed by atoms with E-state index in [-0.39, 0.29) is 11.9 Å². The van der Waals surface area contributed by atoms with Crippen LogP contribution in [0.25, 0.3) is 6.08 Å². The monoisotopic (exact) mass is 367 g/mol. The SMILES string of the molecule is CC(=O)N[C@@H](C)/C=C/c1ccc(Oc2cnc(N3CCCCC3)nc2)nc1. The van der Waals surface area contributed by atoms with Crippen LogP contribution in [-0.2, 0) is 4.79 Å². The lowest BCUT2D eigenvalue weighted by Crippen LogP contribution is -2.30. The number of aromatic nitrogens is 3. The summed E-state index contributed by atoms with van der Waals surface area (Å²) in [6, 6.07) is 3.66. The molecule has 1 aliphatic heterocycles. The summed E-state index contributed by atoms with van der Waals surface area (Å²) < 4.78 is 5.72. The molecule has 1 amide bonds. The lowest BCUT2D eigenvalue weighted by molar-refractivity contribution is -0.119. The summed E-state index contributed by atoms with van der Waals surface area (Å²) in [6.45, 7) is 5.44. The number of piperidine rings is 1. The van der Waals surface area contributed by atoms with Crippen molar-refractivity contribution in [1.29, 1.82) is 0 Å². The second-order valence-corrected chi connectivity index (χ2v) is 6.65. The molecule has 0 unspecified atom stereocenters. The van der Waals surface area contributed by atoms with Crippen LogP contribution in [0.2, 0.25) is 0 Å². The van der Waals surface area contributed by atoms with Crippen molar-refractivity contribution in [1.82, 2.24) is 20.3 Å². The van der Waals surface area contributed by atoms with Crippen LogP contribution < -0.4 is 15.0 Å². The third-order valence-electron chi connectivity index (χ3n) is 4.24. The first-order valence-corrected chi connectivity index (χ1v) is 9.26. The van der Waals surface area contributed by atoms with Gasteiger partial charge in [0.25, 0.3) is 0 Å². The van der Waals surface area contributed by atoms with E-state index in [1.807, 2.05) is 25.1 Å². The highest BCUT2D eigenvalue weighted by Gasteiger charge is 2.13. The molecule has 0 aromatic carbocycles. The fourth-order valence-electron chi connectivity index (χ4n) is 2.91. The average molecular weight is 367 g/mol. The van der Waals surface area contributed by atoms with Crippen molar-refractivity contribution in [3.8, 4) is 11.6 Å². The number of pyridine rings is 1. The molecule has 1 fully saturated rings. The molecule has 142 valence electrons. The number of nitrogens with zero attached hydrogens (tertiary/aromatic N) is 4. The van der Waals surface area contributed by atoms with Crippen LogP contribution in [-0.4, -0.2) is 40.0 Å². The maximum atomic E-state index is 11.0. The van der Waals surface area contributed by atoms with Gasteiger partial charge >= 0.3 is 0 Å². The van der Waals surface area contributed by atoms with Gasteiger partial charge in [-0.1, -0.05) is 12.2 Å². The molecular formula is C20H25N5O2. The number of rotatable bonds is 6. The number of anilines is 1. The Morgan fingerprint density at radius 1 is 1.15 bits per heavy atom. The van der Waals surface area contributed by atoms with Crippen molar-refractivity contribution in [3.63, 3.8) is 0 Å². The Bertz CT molecular complexity index is 768. The van der Waals surface area contributed by atoms with E-state index in [4.69, 9.17) is 4.74 Å². The summed E-state index contributed by atoms with van der Waals surface area (Å²) in [5, 5.41) is 2.80. The Morgan fingerprint density at radius 3 is 2.52 bits per heavy atom. The summed E-state index contributed by atoms with van der Waals surface area (Å²) in [7, 11) is 0. The van der Waals surface area contributed by atoms with Gasteiger partial charge < -0.3 is 15.0 Å². The fraction of sp³-hybridized carbons (Fsp3) is 0.400. The van der Waals surface area contributed by atoms with Crippen molar-refractivity contribution in [2.75, 3.05) is 18.0 Å². The molecule has 7 nitrogen and oxygen atoms in total. The van der Waals surface area contributed by atoms with Gasteiger partial charge in [-0.05, 0) is 37.8 Å². The third-order valence-corrected chi connectivity index (χ3v) is 4.24. The molecular weight excluding hydrogens is 342 g/mol. The maximum absolute atomic E-state index is 11.0. The van der Waals surface area contributed by atoms with Crippen molar-refractivity contribution in [3.05, 3.63) is 42.4 Å². The summed E-state index contributed by atoms with van der Waals surface area (Å²) >= 11 is 0. The van der Waals surface area contributed by atoms with Crippen LogP contribution >= 0.6 is 0 Å². The highest BCUT2D eigenvalue weighted by molar-refractivity contribution is 5.73. The van der Waals surface area contributed by atoms with Crippen LogP contribution in [0.4, 0.5) is 5.95 Å². The molecule has 2 aromatic rings. The summed E-state index contributed by atoms with van der Waals surface area (Å²) in [5.41, 5.74) is 0.927. The summed E-state index contributed by atoms with van der Waals surface area (Å²) in [6.07, 6.45) is 12.6. The van der Waals surface area contributed by atoms with Gasteiger partial charge in [-0.2, -0.15) is 0 Å². The molecule has 1 saturated heterocycles. The van der Waals surface area contributed by atoms with E-state index in [1.54, 1.807) is 24.7 Å². The first-order valence-electron chi connectivity index (χ1n) is 9.26. The molecule has 1 atom stereocenters. The number of carbonyl (C=O) groups is 1. The second-order valence-electron chi connectivity index (χ2n) is 6.65. The topological polar surface area (TPSA) is 80.2 Å². The number of hydrogen-bond donors (Lipinski definition) is 1. The zero-order chi connectivity index (χ0) is 19.1. The Morgan fingerprint density at radius 2 is 1.89 bits per heavy atom. The van der Waals surface area contributed by atoms with E-state index >= 15 is 0 Å². The Hall–Kier alpha value is -2.96. The number of carbonyl (C=O) groups excluding carboxylic acids is 1. The minimum atomic E-state index is -0.0532. The van der Waals surface area contributed by atoms with Gasteiger partial charge in [-0.3, -0.25) is 4.79 Å². The van der Waals surface area contributed by atoms with Crippen LogP contribution in [0.1, 0.15) is 38.7 Å². The molecule has 0 radical (unpaired) electrons. The first-order chi connectivity index (χ1) is 13.1. The van der Waals surface area contributed by atoms with E-state index in [1.165, 1.54) is 26.2 Å². The van der Waals surface area contributed by atoms with Crippen molar-refractivity contribution >= 4 is 17.9 Å². The molecule has 1 N–H and O–H groups in total. The molecule has 0 bridgehead atoms. The third kappa shape index (κ3) is 5.77. The average Bonchev–Trinajstić information content (AvgIpc) is 2.68. The number of amides is 1. The van der Waals surface area contributed by atoms with E-state index in [0.717, 1.165) is 24.6 Å². The molecule has 3 rings (SSSR count). The number of ether oxygens (including phenoxy) is 1. The fourth-order valence-corrected chi connectivity index (χ4v) is 2.91. The highest BCUT2D eigenvalue weighted by atomic mass is 16.5. The molecule has 0 aliphatic carbocycles. The van der Waals surface area contributed by atoms with Gasteiger partial charge in [0.05, 0.1) is 12.4 Å². The summed E-state index contributed by atoms with van der Waals surface area (Å²) in [4.78, 5) is 26.3. The molecule has 0 saturated carbocycles. The van der Waals surface area contributed by atoms with Gasteiger partial charge in [-0.15, -0.1) is 0 Å². The Labute approximate surface area is 159 Å². The van der Waals surface area contributed by atoms with Crippen LogP contribution in [0.15, 0.2) is 36.8 Å². The maximum Gasteiger partial charge on any atom is 0.225 e. The minimum absolute atomic E-state index is 0.0333. The first kappa shape index (κ1) is 18.8. The van der Waals surface area contributed by atoms with Crippen LogP contribution in [0.5, 0.6) is 11.6 Å². The Balaban J connectivity index is 1.56. The Kier molecular flexibility index (Phi) is 6.35. The normalized spacial score (nSPS) is 15.6. The highest BCUT2D eigenvalue weighted by Crippen LogP contribution is 2.21. The van der Waals surface area contributed by atoms with Gasteiger partial charge in [0.15, 0.2) is 5.75 Å². The molecule has 27 heavy (non-hydrogen) atoms. The smallest absolute Gasteiger partial charge is 0.225 e. The van der Waals surface area contributed by atoms with Gasteiger partial charge in [0.2, 0.25) is 17.7 Å². The summed E-state index contributed by atoms with van der Waals surface area (Å²) in [5.74, 6) is 1.74. The molecule has 0 spiro atoms. The van der Waals surface area contributed by atoms with E-state index < -0.39 is 0 Å². The number of nitrogens with one attached hydrogen (secondary N) is 1. The van der Waals surface area contributed by atoms with Crippen molar-refractivity contribution in [2.45, 2.75) is 39.2 Å². The predicted molar refractivity (Wildman–Crippen MR) is 105 cm³/mol. The largest absolute Gasteiger partial charge is 0.436 e. The predicted octanol–water partition coefficient (Wildman–Crippen LogP) is 3.19. The van der Waals surface area contributed by atoms with Crippen molar-refractivity contribution < 1.29 is 9.53 Å². The van der Waals surface area contributed by atoms with Gasteiger partial charge in [-0.25, -0.2) is 15.0 Å².